The van der Waals surface area contributed by atoms with Gasteiger partial charge >= 0.3 is 0 Å². The van der Waals surface area contributed by atoms with E-state index in [9.17, 15) is 9.90 Å². The molecule has 7 nitrogen and oxygen atoms in total. The molecule has 3 aliphatic heterocycles. The van der Waals surface area contributed by atoms with E-state index in [1.54, 1.807) is 0 Å². The van der Waals surface area contributed by atoms with Crippen molar-refractivity contribution in [1.29, 1.82) is 0 Å². The maximum Gasteiger partial charge on any atom is 0.251 e. The number of rotatable bonds is 11. The van der Waals surface area contributed by atoms with E-state index in [1.165, 1.54) is 38.8 Å². The van der Waals surface area contributed by atoms with Gasteiger partial charge in [0.05, 0.1) is 18.8 Å². The second-order valence-electron chi connectivity index (χ2n) is 14.0. The molecule has 5 atom stereocenters. The fourth-order valence-electron chi connectivity index (χ4n) is 7.73. The third-order valence-corrected chi connectivity index (χ3v) is 10.6. The first-order chi connectivity index (χ1) is 24.0. The molecule has 3 fully saturated rings. The number of nitrogens with one attached hydrogen (secondary N) is 1. The largest absolute Gasteiger partial charge is 0.392 e. The van der Waals surface area contributed by atoms with Gasteiger partial charge in [0.25, 0.3) is 5.91 Å². The third-order valence-electron chi connectivity index (χ3n) is 10.6. The number of amides is 1. The van der Waals surface area contributed by atoms with Gasteiger partial charge in [-0.05, 0) is 91.3 Å². The van der Waals surface area contributed by atoms with Crippen LogP contribution in [0.15, 0.2) is 103 Å². The molecule has 4 aromatic rings. The van der Waals surface area contributed by atoms with Crippen molar-refractivity contribution in [2.45, 2.75) is 70.3 Å². The SMILES string of the molecule is C[C@H]1[C@@H](CN2CCC[C@H]2CN2CCCC2)O[C@@H](c2ccc(-c3cccc(CNC(=O)c4ccccc4)c3)cc2)O[C@H]1c1ccc(CO)cc1. The standard InChI is InChI=1S/C42H49N3O4/c1-30-39(28-45-24-8-13-38(45)27-44-22-5-6-23-44)48-42(49-40(30)34-16-14-31(29-46)15-17-34)36-20-18-33(19-21-36)37-12-7-9-32(25-37)26-43-41(47)35-10-3-2-4-11-35/h2-4,7,9-12,14-21,25,30,38-40,42,46H,5-6,8,13,22-24,26-29H2,1H3,(H,43,47)/t30-,38-,39+,40+,42+/m0/s1. The van der Waals surface area contributed by atoms with Gasteiger partial charge in [-0.2, -0.15) is 0 Å². The van der Waals surface area contributed by atoms with E-state index in [2.05, 4.69) is 70.6 Å². The lowest BCUT2D eigenvalue weighted by molar-refractivity contribution is -0.276. The van der Waals surface area contributed by atoms with Gasteiger partial charge in [0, 0.05) is 42.7 Å². The van der Waals surface area contributed by atoms with E-state index in [-0.39, 0.29) is 30.6 Å². The number of aliphatic hydroxyl groups is 1. The van der Waals surface area contributed by atoms with Crippen molar-refractivity contribution in [1.82, 2.24) is 15.1 Å². The Balaban J connectivity index is 1.07. The number of hydrogen-bond donors (Lipinski definition) is 2. The highest BCUT2D eigenvalue weighted by Crippen LogP contribution is 2.42. The number of carbonyl (C=O) groups excluding carboxylic acids is 1. The lowest BCUT2D eigenvalue weighted by atomic mass is 9.89. The van der Waals surface area contributed by atoms with Crippen LogP contribution < -0.4 is 5.32 Å². The highest BCUT2D eigenvalue weighted by Gasteiger charge is 2.40. The Bertz CT molecular complexity index is 1660. The van der Waals surface area contributed by atoms with E-state index in [0.717, 1.165) is 53.0 Å². The van der Waals surface area contributed by atoms with Gasteiger partial charge in [-0.15, -0.1) is 0 Å². The quantitative estimate of drug-likeness (QED) is 0.179. The van der Waals surface area contributed by atoms with Crippen LogP contribution >= 0.6 is 0 Å². The van der Waals surface area contributed by atoms with E-state index >= 15 is 0 Å². The van der Waals surface area contributed by atoms with E-state index in [0.29, 0.717) is 18.2 Å². The third kappa shape index (κ3) is 8.14. The van der Waals surface area contributed by atoms with Crippen molar-refractivity contribution < 1.29 is 19.4 Å². The Kier molecular flexibility index (Phi) is 10.8. The van der Waals surface area contributed by atoms with Gasteiger partial charge in [0.1, 0.15) is 0 Å². The zero-order chi connectivity index (χ0) is 33.6. The number of nitrogens with zero attached hydrogens (tertiary/aromatic N) is 2. The fraction of sp³-hybridized carbons (Fsp3) is 0.405. The second-order valence-corrected chi connectivity index (χ2v) is 14.0. The summed E-state index contributed by atoms with van der Waals surface area (Å²) in [6, 6.07) is 34.9. The Hall–Kier alpha value is -3.85. The number of likely N-dealkylation sites (tertiary alicyclic amines) is 2. The molecule has 4 aromatic carbocycles. The first-order valence-electron chi connectivity index (χ1n) is 18.0. The average Bonchev–Trinajstić information content (AvgIpc) is 3.84. The molecule has 256 valence electrons. The molecule has 0 unspecified atom stereocenters. The van der Waals surface area contributed by atoms with E-state index in [1.807, 2.05) is 54.6 Å². The van der Waals surface area contributed by atoms with E-state index < -0.39 is 6.29 Å². The summed E-state index contributed by atoms with van der Waals surface area (Å²) in [4.78, 5) is 17.9. The van der Waals surface area contributed by atoms with Crippen molar-refractivity contribution in [3.8, 4) is 11.1 Å². The number of hydrogen-bond acceptors (Lipinski definition) is 6. The normalized spacial score (nSPS) is 24.7. The Morgan fingerprint density at radius 3 is 2.29 bits per heavy atom. The topological polar surface area (TPSA) is 74.3 Å². The highest BCUT2D eigenvalue weighted by molar-refractivity contribution is 5.94. The predicted molar refractivity (Wildman–Crippen MR) is 193 cm³/mol. The molecule has 1 amide bonds. The molecule has 0 radical (unpaired) electrons. The smallest absolute Gasteiger partial charge is 0.251 e. The molecule has 0 aliphatic carbocycles. The van der Waals surface area contributed by atoms with Gasteiger partial charge < -0.3 is 24.8 Å². The molecular weight excluding hydrogens is 610 g/mol. The van der Waals surface area contributed by atoms with Crippen LogP contribution in [0.5, 0.6) is 0 Å². The molecule has 0 bridgehead atoms. The molecule has 7 rings (SSSR count). The zero-order valence-electron chi connectivity index (χ0n) is 28.5. The molecule has 49 heavy (non-hydrogen) atoms. The maximum absolute atomic E-state index is 12.6. The molecule has 3 heterocycles. The predicted octanol–water partition coefficient (Wildman–Crippen LogP) is 7.13. The summed E-state index contributed by atoms with van der Waals surface area (Å²) in [5.41, 5.74) is 6.90. The van der Waals surface area contributed by atoms with Crippen LogP contribution in [0.4, 0.5) is 0 Å². The molecule has 0 aromatic heterocycles. The highest BCUT2D eigenvalue weighted by atomic mass is 16.7. The summed E-state index contributed by atoms with van der Waals surface area (Å²) in [5.74, 6) is 0.0820. The summed E-state index contributed by atoms with van der Waals surface area (Å²) < 4.78 is 13.6. The molecule has 0 saturated carbocycles. The Morgan fingerprint density at radius 1 is 0.776 bits per heavy atom. The minimum atomic E-state index is -0.489. The number of benzene rings is 4. The summed E-state index contributed by atoms with van der Waals surface area (Å²) in [7, 11) is 0. The molecule has 3 saturated heterocycles. The monoisotopic (exact) mass is 659 g/mol. The average molecular weight is 660 g/mol. The van der Waals surface area contributed by atoms with Crippen molar-refractivity contribution >= 4 is 5.91 Å². The van der Waals surface area contributed by atoms with E-state index in [4.69, 9.17) is 9.47 Å². The summed E-state index contributed by atoms with van der Waals surface area (Å²) >= 11 is 0. The summed E-state index contributed by atoms with van der Waals surface area (Å²) in [6.45, 7) is 8.39. The first kappa shape index (κ1) is 33.6. The summed E-state index contributed by atoms with van der Waals surface area (Å²) in [5, 5.41) is 12.7. The zero-order valence-corrected chi connectivity index (χ0v) is 28.5. The van der Waals surface area contributed by atoms with Crippen LogP contribution in [0.2, 0.25) is 0 Å². The summed E-state index contributed by atoms with van der Waals surface area (Å²) in [6.07, 6.45) is 4.54. The maximum atomic E-state index is 12.6. The lowest BCUT2D eigenvalue weighted by Crippen LogP contribution is -2.48. The second kappa shape index (κ2) is 15.8. The molecule has 3 aliphatic rings. The van der Waals surface area contributed by atoms with Crippen molar-refractivity contribution in [3.63, 3.8) is 0 Å². The van der Waals surface area contributed by atoms with Crippen LogP contribution in [0.3, 0.4) is 0 Å². The van der Waals surface area contributed by atoms with Gasteiger partial charge in [0.2, 0.25) is 0 Å². The molecular formula is C42H49N3O4. The minimum absolute atomic E-state index is 0.0166. The van der Waals surface area contributed by atoms with Gasteiger partial charge in [-0.25, -0.2) is 0 Å². The van der Waals surface area contributed by atoms with Crippen LogP contribution in [-0.4, -0.2) is 65.7 Å². The number of ether oxygens (including phenoxy) is 2. The minimum Gasteiger partial charge on any atom is -0.392 e. The first-order valence-corrected chi connectivity index (χ1v) is 18.0. The molecule has 0 spiro atoms. The van der Waals surface area contributed by atoms with Crippen LogP contribution in [0.1, 0.15) is 77.6 Å². The molecule has 7 heteroatoms. The number of aliphatic hydroxyl groups excluding tert-OH is 1. The van der Waals surface area contributed by atoms with Crippen molar-refractivity contribution in [2.24, 2.45) is 5.92 Å². The molecule has 2 N–H and O–H groups in total. The van der Waals surface area contributed by atoms with Crippen LogP contribution in [-0.2, 0) is 22.6 Å². The Morgan fingerprint density at radius 2 is 1.53 bits per heavy atom. The Labute approximate surface area is 290 Å². The van der Waals surface area contributed by atoms with Crippen LogP contribution in [0.25, 0.3) is 11.1 Å². The lowest BCUT2D eigenvalue weighted by Gasteiger charge is -2.43. The van der Waals surface area contributed by atoms with Crippen LogP contribution in [0, 0.1) is 5.92 Å². The van der Waals surface area contributed by atoms with Crippen molar-refractivity contribution in [3.05, 3.63) is 131 Å². The van der Waals surface area contributed by atoms with Gasteiger partial charge in [-0.1, -0.05) is 91.9 Å². The van der Waals surface area contributed by atoms with Gasteiger partial charge in [0.15, 0.2) is 6.29 Å². The van der Waals surface area contributed by atoms with Crippen molar-refractivity contribution in [2.75, 3.05) is 32.7 Å². The van der Waals surface area contributed by atoms with Gasteiger partial charge in [-0.3, -0.25) is 9.69 Å². The number of carbonyl (C=O) groups is 1. The fourth-order valence-corrected chi connectivity index (χ4v) is 7.73.